The summed E-state index contributed by atoms with van der Waals surface area (Å²) >= 11 is 0. The number of carbonyl (C=O) groups excluding carboxylic acids is 2. The van der Waals surface area contributed by atoms with E-state index >= 15 is 0 Å². The van der Waals surface area contributed by atoms with Crippen molar-refractivity contribution in [3.63, 3.8) is 0 Å². The minimum absolute atomic E-state index is 0.0387. The van der Waals surface area contributed by atoms with Crippen molar-refractivity contribution in [3.05, 3.63) is 85.1 Å². The fraction of sp³-hybridized carbons (Fsp3) is 0.750. The van der Waals surface area contributed by atoms with E-state index < -0.39 is 18.2 Å². The summed E-state index contributed by atoms with van der Waals surface area (Å²) in [6.07, 6.45) is 75.0. The lowest BCUT2D eigenvalue weighted by atomic mass is 10.0. The Hall–Kier alpha value is -2.96. The molecular formula is C64H113NO5. The van der Waals surface area contributed by atoms with E-state index in [0.29, 0.717) is 19.3 Å². The van der Waals surface area contributed by atoms with Crippen LogP contribution in [0.25, 0.3) is 0 Å². The zero-order valence-electron chi connectivity index (χ0n) is 46.1. The Labute approximate surface area is 433 Å². The van der Waals surface area contributed by atoms with Crippen molar-refractivity contribution >= 4 is 11.9 Å². The van der Waals surface area contributed by atoms with Crippen LogP contribution in [0.1, 0.15) is 284 Å². The van der Waals surface area contributed by atoms with Gasteiger partial charge in [-0.3, -0.25) is 9.59 Å². The first-order valence-electron chi connectivity index (χ1n) is 29.8. The molecule has 3 atom stereocenters. The number of hydrogen-bond acceptors (Lipinski definition) is 5. The van der Waals surface area contributed by atoms with Gasteiger partial charge < -0.3 is 20.3 Å². The van der Waals surface area contributed by atoms with Crippen LogP contribution in [-0.4, -0.2) is 46.9 Å². The summed E-state index contributed by atoms with van der Waals surface area (Å²) in [6.45, 7) is 6.44. The van der Waals surface area contributed by atoms with Crippen molar-refractivity contribution in [1.82, 2.24) is 5.32 Å². The molecule has 0 aliphatic carbocycles. The van der Waals surface area contributed by atoms with Gasteiger partial charge in [-0.05, 0) is 96.3 Å². The first kappa shape index (κ1) is 67.0. The van der Waals surface area contributed by atoms with Crippen molar-refractivity contribution in [1.29, 1.82) is 0 Å². The second-order valence-electron chi connectivity index (χ2n) is 20.1. The highest BCUT2D eigenvalue weighted by atomic mass is 16.5. The highest BCUT2D eigenvalue weighted by molar-refractivity contribution is 5.77. The number of nitrogens with one attached hydrogen (secondary N) is 1. The van der Waals surface area contributed by atoms with Crippen molar-refractivity contribution in [3.8, 4) is 0 Å². The third kappa shape index (κ3) is 51.4. The van der Waals surface area contributed by atoms with Crippen LogP contribution in [0.4, 0.5) is 0 Å². The topological polar surface area (TPSA) is 95.9 Å². The van der Waals surface area contributed by atoms with E-state index in [1.807, 2.05) is 0 Å². The minimum atomic E-state index is -0.808. The largest absolute Gasteiger partial charge is 0.462 e. The summed E-state index contributed by atoms with van der Waals surface area (Å²) in [5, 5.41) is 23.9. The molecule has 0 aromatic carbocycles. The lowest BCUT2D eigenvalue weighted by Crippen LogP contribution is -2.46. The zero-order chi connectivity index (χ0) is 50.9. The molecule has 0 aromatic heterocycles. The lowest BCUT2D eigenvalue weighted by molar-refractivity contribution is -0.151. The van der Waals surface area contributed by atoms with E-state index in [9.17, 15) is 19.8 Å². The number of hydrogen-bond donors (Lipinski definition) is 3. The van der Waals surface area contributed by atoms with Gasteiger partial charge in [-0.25, -0.2) is 0 Å². The van der Waals surface area contributed by atoms with E-state index in [2.05, 4.69) is 111 Å². The summed E-state index contributed by atoms with van der Waals surface area (Å²) in [5.74, 6) is -0.541. The molecule has 0 rings (SSSR count). The Balaban J connectivity index is 4.68. The molecule has 0 saturated carbocycles. The Bertz CT molecular complexity index is 1330. The number of ether oxygens (including phenoxy) is 1. The molecule has 0 spiro atoms. The molecular weight excluding hydrogens is 863 g/mol. The van der Waals surface area contributed by atoms with E-state index in [4.69, 9.17) is 4.74 Å². The van der Waals surface area contributed by atoms with Crippen LogP contribution in [0.3, 0.4) is 0 Å². The van der Waals surface area contributed by atoms with Gasteiger partial charge in [0, 0.05) is 6.42 Å². The molecule has 3 N–H and O–H groups in total. The van der Waals surface area contributed by atoms with Crippen LogP contribution < -0.4 is 5.32 Å². The molecule has 404 valence electrons. The summed E-state index contributed by atoms with van der Waals surface area (Å²) in [5.41, 5.74) is 0. The second-order valence-corrected chi connectivity index (χ2v) is 20.1. The summed E-state index contributed by atoms with van der Waals surface area (Å²) in [7, 11) is 0. The van der Waals surface area contributed by atoms with Crippen molar-refractivity contribution < 1.29 is 24.5 Å². The van der Waals surface area contributed by atoms with Gasteiger partial charge in [0.2, 0.25) is 5.91 Å². The maximum absolute atomic E-state index is 13.3. The van der Waals surface area contributed by atoms with Crippen LogP contribution >= 0.6 is 0 Å². The van der Waals surface area contributed by atoms with Gasteiger partial charge in [0.25, 0.3) is 0 Å². The Morgan fingerprint density at radius 3 is 1.26 bits per heavy atom. The predicted molar refractivity (Wildman–Crippen MR) is 305 cm³/mol. The number of aliphatic hydroxyl groups excluding tert-OH is 2. The average Bonchev–Trinajstić information content (AvgIpc) is 3.35. The van der Waals surface area contributed by atoms with Crippen LogP contribution in [-0.2, 0) is 14.3 Å². The van der Waals surface area contributed by atoms with Crippen LogP contribution in [0, 0.1) is 0 Å². The lowest BCUT2D eigenvalue weighted by Gasteiger charge is -2.24. The molecule has 6 heteroatoms. The normalized spacial score (nSPS) is 13.7. The van der Waals surface area contributed by atoms with Gasteiger partial charge in [-0.1, -0.05) is 260 Å². The molecule has 70 heavy (non-hydrogen) atoms. The second kappa shape index (κ2) is 56.9. The molecule has 0 bridgehead atoms. The van der Waals surface area contributed by atoms with Gasteiger partial charge in [0.15, 0.2) is 0 Å². The maximum Gasteiger partial charge on any atom is 0.306 e. The number of esters is 1. The van der Waals surface area contributed by atoms with E-state index in [0.717, 1.165) is 96.3 Å². The number of unbranched alkanes of at least 4 members (excludes halogenated alkanes) is 29. The Morgan fingerprint density at radius 2 is 0.786 bits per heavy atom. The quantitative estimate of drug-likeness (QED) is 0.0244. The predicted octanol–water partition coefficient (Wildman–Crippen LogP) is 18.7. The highest BCUT2D eigenvalue weighted by Gasteiger charge is 2.24. The molecule has 0 aliphatic heterocycles. The van der Waals surface area contributed by atoms with Gasteiger partial charge in [0.1, 0.15) is 6.10 Å². The summed E-state index contributed by atoms with van der Waals surface area (Å²) in [4.78, 5) is 26.3. The number of rotatable bonds is 53. The van der Waals surface area contributed by atoms with Crippen molar-refractivity contribution in [2.24, 2.45) is 0 Å². The molecule has 0 aliphatic rings. The molecule has 0 radical (unpaired) electrons. The smallest absolute Gasteiger partial charge is 0.306 e. The van der Waals surface area contributed by atoms with E-state index in [-0.39, 0.29) is 24.9 Å². The standard InChI is InChI=1S/C64H113NO5/c1-4-7-10-13-16-19-22-25-28-31-32-33-36-39-42-45-48-51-54-57-64(69)70-60(55-52-49-46-43-40-37-34-29-26-23-20-17-14-11-8-5-2)58-63(68)65-61(59-66)62(67)56-53-50-47-44-41-38-35-30-27-24-21-18-15-12-9-6-3/h16,19,23,25-26,28-29,32-34,37,39-40,42,60-62,66-67H,4-15,17-18,20-22,24,27,30-31,35-36,38,41,43-59H2,1-3H3,(H,65,68)/b19-16-,26-23+,28-25-,33-32-,34-29+,40-37+,42-39-. The minimum Gasteiger partial charge on any atom is -0.462 e. The molecule has 0 aromatic rings. The van der Waals surface area contributed by atoms with Crippen LogP contribution in [0.2, 0.25) is 0 Å². The molecule has 0 saturated heterocycles. The highest BCUT2D eigenvalue weighted by Crippen LogP contribution is 2.18. The number of aliphatic hydroxyl groups is 2. The monoisotopic (exact) mass is 976 g/mol. The van der Waals surface area contributed by atoms with Crippen LogP contribution in [0.5, 0.6) is 0 Å². The van der Waals surface area contributed by atoms with Gasteiger partial charge in [-0.2, -0.15) is 0 Å². The van der Waals surface area contributed by atoms with Crippen molar-refractivity contribution in [2.75, 3.05) is 6.61 Å². The summed E-state index contributed by atoms with van der Waals surface area (Å²) in [6, 6.07) is -0.725. The molecule has 3 unspecified atom stereocenters. The Kier molecular flexibility index (Phi) is 54.5. The number of carbonyl (C=O) groups is 2. The zero-order valence-corrected chi connectivity index (χ0v) is 46.1. The number of amides is 1. The van der Waals surface area contributed by atoms with Gasteiger partial charge >= 0.3 is 5.97 Å². The fourth-order valence-corrected chi connectivity index (χ4v) is 8.71. The maximum atomic E-state index is 13.3. The van der Waals surface area contributed by atoms with Gasteiger partial charge in [0.05, 0.1) is 25.2 Å². The third-order valence-corrected chi connectivity index (χ3v) is 13.3. The first-order chi connectivity index (χ1) is 34.5. The third-order valence-electron chi connectivity index (χ3n) is 13.3. The molecule has 1 amide bonds. The summed E-state index contributed by atoms with van der Waals surface area (Å²) < 4.78 is 5.94. The molecule has 0 heterocycles. The Morgan fingerprint density at radius 1 is 0.429 bits per heavy atom. The number of allylic oxidation sites excluding steroid dienone is 14. The molecule has 6 nitrogen and oxygen atoms in total. The first-order valence-corrected chi connectivity index (χ1v) is 29.8. The van der Waals surface area contributed by atoms with E-state index in [1.54, 1.807) is 0 Å². The average molecular weight is 977 g/mol. The van der Waals surface area contributed by atoms with E-state index in [1.165, 1.54) is 141 Å². The van der Waals surface area contributed by atoms with Crippen molar-refractivity contribution in [2.45, 2.75) is 302 Å². The molecule has 0 fully saturated rings. The van der Waals surface area contributed by atoms with Gasteiger partial charge in [-0.15, -0.1) is 0 Å². The van der Waals surface area contributed by atoms with Crippen LogP contribution in [0.15, 0.2) is 85.1 Å². The fourth-order valence-electron chi connectivity index (χ4n) is 8.71. The SMILES string of the molecule is CCCCC/C=C\C/C=C\C/C=C\C/C=C\CCCCCC(=O)OC(CCCCC/C=C/C=C/C=C/CCCCCCC)CC(=O)NC(CO)C(O)CCCCCCCCCCCCCCCCCC.